The standard InChI is InChI=1S/C26H18BrN3O2S/c27-18-9-11-19(12-10-18)32-14-13-29-16-17(20-5-1-3-7-22(20)29)15-24-25(31)30-23-8-4-2-6-21(23)28-26(30)33-24/h1-12,15-16H,13-14H2/b24-15-. The van der Waals surface area contributed by atoms with Gasteiger partial charge in [-0.25, -0.2) is 9.38 Å². The normalized spacial score (nSPS) is 12.3. The summed E-state index contributed by atoms with van der Waals surface area (Å²) in [6, 6.07) is 23.8. The van der Waals surface area contributed by atoms with Gasteiger partial charge in [0.2, 0.25) is 0 Å². The largest absolute Gasteiger partial charge is 0.492 e. The molecule has 0 radical (unpaired) electrons. The molecule has 0 aliphatic carbocycles. The number of ether oxygens (including phenoxy) is 1. The Morgan fingerprint density at radius 3 is 2.58 bits per heavy atom. The molecule has 0 unspecified atom stereocenters. The van der Waals surface area contributed by atoms with Crippen molar-refractivity contribution < 1.29 is 4.74 Å². The molecule has 0 amide bonds. The highest BCUT2D eigenvalue weighted by Crippen LogP contribution is 2.23. The third kappa shape index (κ3) is 3.63. The Bertz CT molecular complexity index is 1730. The van der Waals surface area contributed by atoms with Crippen LogP contribution in [0.25, 0.3) is 33.0 Å². The van der Waals surface area contributed by atoms with Crippen molar-refractivity contribution in [2.75, 3.05) is 6.61 Å². The molecule has 7 heteroatoms. The van der Waals surface area contributed by atoms with Crippen LogP contribution in [0.4, 0.5) is 0 Å². The number of nitrogens with zero attached hydrogens (tertiary/aromatic N) is 3. The molecule has 0 aliphatic heterocycles. The van der Waals surface area contributed by atoms with Gasteiger partial charge in [-0.3, -0.25) is 4.79 Å². The third-order valence-corrected chi connectivity index (χ3v) is 7.16. The summed E-state index contributed by atoms with van der Waals surface area (Å²) >= 11 is 4.87. The lowest BCUT2D eigenvalue weighted by Gasteiger charge is -2.08. The maximum Gasteiger partial charge on any atom is 0.274 e. The van der Waals surface area contributed by atoms with Crippen molar-refractivity contribution in [3.05, 3.63) is 104 Å². The maximum absolute atomic E-state index is 13.2. The molecule has 0 spiro atoms. The molecule has 33 heavy (non-hydrogen) atoms. The lowest BCUT2D eigenvalue weighted by Crippen LogP contribution is -2.22. The van der Waals surface area contributed by atoms with E-state index in [2.05, 4.69) is 43.8 Å². The van der Waals surface area contributed by atoms with E-state index >= 15 is 0 Å². The number of halogens is 1. The van der Waals surface area contributed by atoms with Gasteiger partial charge in [0.15, 0.2) is 4.96 Å². The van der Waals surface area contributed by atoms with Crippen LogP contribution in [-0.2, 0) is 6.54 Å². The second kappa shape index (κ2) is 8.17. The van der Waals surface area contributed by atoms with Crippen molar-refractivity contribution in [3.63, 3.8) is 0 Å². The van der Waals surface area contributed by atoms with Crippen LogP contribution in [-0.4, -0.2) is 20.6 Å². The Labute approximate surface area is 201 Å². The summed E-state index contributed by atoms with van der Waals surface area (Å²) in [5, 5.41) is 1.11. The molecule has 3 heterocycles. The number of rotatable bonds is 5. The molecule has 5 nitrogen and oxygen atoms in total. The lowest BCUT2D eigenvalue weighted by atomic mass is 10.2. The second-order valence-corrected chi connectivity index (χ2v) is 9.66. The molecule has 6 aromatic rings. The minimum absolute atomic E-state index is 0.0286. The zero-order valence-electron chi connectivity index (χ0n) is 17.4. The van der Waals surface area contributed by atoms with E-state index in [-0.39, 0.29) is 5.56 Å². The molecule has 6 rings (SSSR count). The van der Waals surface area contributed by atoms with Crippen LogP contribution in [0, 0.1) is 0 Å². The zero-order valence-corrected chi connectivity index (χ0v) is 19.8. The summed E-state index contributed by atoms with van der Waals surface area (Å²) in [6.07, 6.45) is 4.07. The molecule has 0 bridgehead atoms. The molecule has 0 N–H and O–H groups in total. The van der Waals surface area contributed by atoms with Crippen LogP contribution in [0.15, 0.2) is 88.3 Å². The Kier molecular flexibility index (Phi) is 5.00. The second-order valence-electron chi connectivity index (χ2n) is 7.73. The first-order valence-electron chi connectivity index (χ1n) is 10.6. The van der Waals surface area contributed by atoms with Crippen molar-refractivity contribution in [2.24, 2.45) is 0 Å². The van der Waals surface area contributed by atoms with Gasteiger partial charge in [-0.15, -0.1) is 0 Å². The predicted molar refractivity (Wildman–Crippen MR) is 137 cm³/mol. The minimum atomic E-state index is -0.0286. The molecular formula is C26H18BrN3O2S. The number of fused-ring (bicyclic) bond motifs is 4. The third-order valence-electron chi connectivity index (χ3n) is 5.67. The topological polar surface area (TPSA) is 48.5 Å². The smallest absolute Gasteiger partial charge is 0.274 e. The van der Waals surface area contributed by atoms with E-state index in [1.54, 1.807) is 4.40 Å². The van der Waals surface area contributed by atoms with Crippen LogP contribution in [0.1, 0.15) is 5.56 Å². The molecule has 0 saturated heterocycles. The van der Waals surface area contributed by atoms with Gasteiger partial charge < -0.3 is 9.30 Å². The number of imidazole rings is 1. The van der Waals surface area contributed by atoms with E-state index in [9.17, 15) is 4.79 Å². The summed E-state index contributed by atoms with van der Waals surface area (Å²) in [7, 11) is 0. The van der Waals surface area contributed by atoms with Gasteiger partial charge in [-0.1, -0.05) is 57.6 Å². The molecule has 0 saturated carbocycles. The highest BCUT2D eigenvalue weighted by molar-refractivity contribution is 9.10. The Hall–Kier alpha value is -3.42. The van der Waals surface area contributed by atoms with Crippen LogP contribution < -0.4 is 14.8 Å². The van der Waals surface area contributed by atoms with Gasteiger partial charge in [0.05, 0.1) is 22.1 Å². The van der Waals surface area contributed by atoms with Gasteiger partial charge in [0.1, 0.15) is 12.4 Å². The first kappa shape index (κ1) is 20.2. The molecule has 3 aromatic heterocycles. The number of thiazole rings is 1. The summed E-state index contributed by atoms with van der Waals surface area (Å²) in [5.74, 6) is 0.839. The monoisotopic (exact) mass is 515 g/mol. The van der Waals surface area contributed by atoms with Crippen molar-refractivity contribution in [1.82, 2.24) is 14.0 Å². The highest BCUT2D eigenvalue weighted by Gasteiger charge is 2.12. The summed E-state index contributed by atoms with van der Waals surface area (Å²) in [6.45, 7) is 1.25. The van der Waals surface area contributed by atoms with Gasteiger partial charge >= 0.3 is 0 Å². The molecular weight excluding hydrogens is 498 g/mol. The summed E-state index contributed by atoms with van der Waals surface area (Å²) < 4.78 is 11.5. The average molecular weight is 516 g/mol. The van der Waals surface area contributed by atoms with Crippen LogP contribution in [0.2, 0.25) is 0 Å². The molecule has 162 valence electrons. The summed E-state index contributed by atoms with van der Waals surface area (Å²) in [5.41, 5.74) is 3.79. The van der Waals surface area contributed by atoms with E-state index < -0.39 is 0 Å². The van der Waals surface area contributed by atoms with Crippen LogP contribution in [0.5, 0.6) is 5.75 Å². The van der Waals surface area contributed by atoms with Crippen molar-refractivity contribution in [2.45, 2.75) is 6.54 Å². The van der Waals surface area contributed by atoms with Gasteiger partial charge in [0.25, 0.3) is 5.56 Å². The van der Waals surface area contributed by atoms with Crippen LogP contribution in [0.3, 0.4) is 0 Å². The quantitative estimate of drug-likeness (QED) is 0.315. The minimum Gasteiger partial charge on any atom is -0.492 e. The zero-order chi connectivity index (χ0) is 22.4. The van der Waals surface area contributed by atoms with E-state index in [1.165, 1.54) is 11.3 Å². The first-order chi connectivity index (χ1) is 16.2. The lowest BCUT2D eigenvalue weighted by molar-refractivity contribution is 0.300. The molecule has 0 aliphatic rings. The molecule has 0 atom stereocenters. The number of benzene rings is 3. The number of para-hydroxylation sites is 3. The van der Waals surface area contributed by atoms with Gasteiger partial charge in [0, 0.05) is 27.1 Å². The van der Waals surface area contributed by atoms with E-state index in [1.807, 2.05) is 66.7 Å². The maximum atomic E-state index is 13.2. The van der Waals surface area contributed by atoms with E-state index in [4.69, 9.17) is 4.74 Å². The van der Waals surface area contributed by atoms with E-state index in [0.717, 1.165) is 42.7 Å². The highest BCUT2D eigenvalue weighted by atomic mass is 79.9. The molecule has 0 fully saturated rings. The number of aromatic nitrogens is 3. The predicted octanol–water partition coefficient (Wildman–Crippen LogP) is 5.25. The Morgan fingerprint density at radius 2 is 1.73 bits per heavy atom. The molecule has 3 aromatic carbocycles. The van der Waals surface area contributed by atoms with Gasteiger partial charge in [-0.05, 0) is 48.5 Å². The fourth-order valence-electron chi connectivity index (χ4n) is 4.12. The van der Waals surface area contributed by atoms with Gasteiger partial charge in [-0.2, -0.15) is 0 Å². The van der Waals surface area contributed by atoms with Crippen molar-refractivity contribution in [1.29, 1.82) is 0 Å². The summed E-state index contributed by atoms with van der Waals surface area (Å²) in [4.78, 5) is 18.5. The average Bonchev–Trinajstić information content (AvgIpc) is 3.47. The Balaban J connectivity index is 1.37. The van der Waals surface area contributed by atoms with Crippen LogP contribution >= 0.6 is 27.3 Å². The fraction of sp³-hybridized carbons (Fsp3) is 0.0769. The fourth-order valence-corrected chi connectivity index (χ4v) is 5.36. The van der Waals surface area contributed by atoms with Crippen molar-refractivity contribution in [3.8, 4) is 5.75 Å². The SMILES string of the molecule is O=c1/c(=C/c2cn(CCOc3ccc(Br)cc3)c3ccccc23)sc2nc3ccccc3n12. The van der Waals surface area contributed by atoms with Crippen molar-refractivity contribution >= 4 is 60.2 Å². The Morgan fingerprint density at radius 1 is 0.970 bits per heavy atom. The number of hydrogen-bond donors (Lipinski definition) is 0. The number of hydrogen-bond acceptors (Lipinski definition) is 4. The first-order valence-corrected chi connectivity index (χ1v) is 12.2. The van der Waals surface area contributed by atoms with E-state index in [0.29, 0.717) is 17.7 Å².